The van der Waals surface area contributed by atoms with Crippen LogP contribution in [-0.4, -0.2) is 29.1 Å². The van der Waals surface area contributed by atoms with Gasteiger partial charge >= 0.3 is 6.03 Å². The van der Waals surface area contributed by atoms with E-state index in [9.17, 15) is 21.6 Å². The number of rotatable bonds is 6. The van der Waals surface area contributed by atoms with E-state index in [4.69, 9.17) is 5.14 Å². The molecule has 2 aromatic carbocycles. The van der Waals surface area contributed by atoms with Crippen LogP contribution < -0.4 is 20.5 Å². The highest BCUT2D eigenvalue weighted by Crippen LogP contribution is 2.17. The van der Waals surface area contributed by atoms with Gasteiger partial charge in [0.25, 0.3) is 0 Å². The second-order valence-electron chi connectivity index (χ2n) is 5.41. The lowest BCUT2D eigenvalue weighted by molar-refractivity contribution is 0.252. The Labute approximate surface area is 151 Å². The zero-order valence-electron chi connectivity index (χ0n) is 13.8. The molecule has 0 saturated carbocycles. The van der Waals surface area contributed by atoms with E-state index < -0.39 is 26.1 Å². The zero-order chi connectivity index (χ0) is 19.4. The minimum absolute atomic E-state index is 0.0550. The number of sulfonamides is 2. The first kappa shape index (κ1) is 19.7. The highest BCUT2D eigenvalue weighted by Gasteiger charge is 2.11. The Balaban J connectivity index is 2.04. The molecule has 26 heavy (non-hydrogen) atoms. The van der Waals surface area contributed by atoms with Crippen molar-refractivity contribution in [3.63, 3.8) is 0 Å². The molecule has 0 atom stereocenters. The smallest absolute Gasteiger partial charge is 0.319 e. The van der Waals surface area contributed by atoms with Crippen molar-refractivity contribution in [3.8, 4) is 0 Å². The molecule has 5 N–H and O–H groups in total. The van der Waals surface area contributed by atoms with Crippen molar-refractivity contribution in [2.75, 3.05) is 16.3 Å². The van der Waals surface area contributed by atoms with Gasteiger partial charge in [0.2, 0.25) is 20.0 Å². The van der Waals surface area contributed by atoms with Crippen LogP contribution in [0.1, 0.15) is 5.56 Å². The largest absolute Gasteiger partial charge is 0.334 e. The Bertz CT molecular complexity index is 1020. The van der Waals surface area contributed by atoms with Gasteiger partial charge in [-0.05, 0) is 29.8 Å². The normalized spacial score (nSPS) is 11.6. The topological polar surface area (TPSA) is 147 Å². The number of para-hydroxylation sites is 1. The van der Waals surface area contributed by atoms with Gasteiger partial charge in [0.1, 0.15) is 0 Å². The first-order chi connectivity index (χ1) is 12.0. The van der Waals surface area contributed by atoms with Crippen LogP contribution in [0.3, 0.4) is 0 Å². The van der Waals surface area contributed by atoms with Crippen LogP contribution in [0.25, 0.3) is 0 Å². The van der Waals surface area contributed by atoms with Gasteiger partial charge < -0.3 is 10.6 Å². The van der Waals surface area contributed by atoms with E-state index in [2.05, 4.69) is 15.4 Å². The van der Waals surface area contributed by atoms with E-state index in [1.165, 1.54) is 24.3 Å². The first-order valence-electron chi connectivity index (χ1n) is 7.28. The SMILES string of the molecule is CS(=O)(=O)Nc1ccccc1CNC(=O)Nc1cccc(S(N)(=O)=O)c1. The maximum Gasteiger partial charge on any atom is 0.319 e. The van der Waals surface area contributed by atoms with Gasteiger partial charge in [-0.1, -0.05) is 24.3 Å². The Morgan fingerprint density at radius 2 is 1.73 bits per heavy atom. The Morgan fingerprint density at radius 3 is 2.38 bits per heavy atom. The molecule has 0 aromatic heterocycles. The van der Waals surface area contributed by atoms with Crippen molar-refractivity contribution < 1.29 is 21.6 Å². The number of hydrogen-bond acceptors (Lipinski definition) is 5. The van der Waals surface area contributed by atoms with Gasteiger partial charge in [-0.25, -0.2) is 26.8 Å². The summed E-state index contributed by atoms with van der Waals surface area (Å²) in [6.07, 6.45) is 1.03. The average Bonchev–Trinajstić information content (AvgIpc) is 2.52. The van der Waals surface area contributed by atoms with Crippen LogP contribution in [-0.2, 0) is 26.6 Å². The third-order valence-electron chi connectivity index (χ3n) is 3.17. The minimum Gasteiger partial charge on any atom is -0.334 e. The molecule has 0 fully saturated rings. The number of urea groups is 1. The number of carbonyl (C=O) groups is 1. The maximum atomic E-state index is 12.0. The average molecular weight is 398 g/mol. The fourth-order valence-electron chi connectivity index (χ4n) is 2.08. The molecule has 2 amide bonds. The van der Waals surface area contributed by atoms with Crippen LogP contribution in [0.5, 0.6) is 0 Å². The predicted octanol–water partition coefficient (Wildman–Crippen LogP) is 1.03. The summed E-state index contributed by atoms with van der Waals surface area (Å²) in [6.45, 7) is 0.0550. The van der Waals surface area contributed by atoms with Crippen molar-refractivity contribution in [2.45, 2.75) is 11.4 Å². The first-order valence-corrected chi connectivity index (χ1v) is 10.7. The molecule has 0 unspecified atom stereocenters. The molecule has 0 spiro atoms. The number of anilines is 2. The van der Waals surface area contributed by atoms with Crippen molar-refractivity contribution in [3.05, 3.63) is 54.1 Å². The molecule has 0 aliphatic carbocycles. The van der Waals surface area contributed by atoms with Crippen molar-refractivity contribution in [2.24, 2.45) is 5.14 Å². The molecule has 2 aromatic rings. The molecule has 0 aliphatic rings. The summed E-state index contributed by atoms with van der Waals surface area (Å²) >= 11 is 0. The summed E-state index contributed by atoms with van der Waals surface area (Å²) in [5.74, 6) is 0. The summed E-state index contributed by atoms with van der Waals surface area (Å²) in [4.78, 5) is 11.9. The highest BCUT2D eigenvalue weighted by atomic mass is 32.2. The van der Waals surface area contributed by atoms with Gasteiger partial charge in [-0.3, -0.25) is 4.72 Å². The lowest BCUT2D eigenvalue weighted by Gasteiger charge is -2.12. The molecule has 0 heterocycles. The van der Waals surface area contributed by atoms with E-state index >= 15 is 0 Å². The van der Waals surface area contributed by atoms with Crippen molar-refractivity contribution in [1.82, 2.24) is 5.32 Å². The third-order valence-corrected chi connectivity index (χ3v) is 4.67. The standard InChI is InChI=1S/C15H18N4O5S2/c1-25(21,22)19-14-8-3-2-5-11(14)10-17-15(20)18-12-6-4-7-13(9-12)26(16,23)24/h2-9,19H,10H2,1H3,(H2,16,23,24)(H2,17,18,20). The Morgan fingerprint density at radius 1 is 1.04 bits per heavy atom. The predicted molar refractivity (Wildman–Crippen MR) is 98.6 cm³/mol. The number of benzene rings is 2. The summed E-state index contributed by atoms with van der Waals surface area (Å²) in [5, 5.41) is 10.1. The number of amides is 2. The van der Waals surface area contributed by atoms with Crippen LogP contribution >= 0.6 is 0 Å². The van der Waals surface area contributed by atoms with E-state index in [1.807, 2.05) is 0 Å². The molecule has 0 aliphatic heterocycles. The summed E-state index contributed by atoms with van der Waals surface area (Å²) in [7, 11) is -7.33. The second-order valence-corrected chi connectivity index (χ2v) is 8.72. The second kappa shape index (κ2) is 7.72. The molecule has 0 radical (unpaired) electrons. The Kier molecular flexibility index (Phi) is 5.85. The third kappa shape index (κ3) is 6.02. The summed E-state index contributed by atoms with van der Waals surface area (Å²) in [6, 6.07) is 11.5. The molecule has 140 valence electrons. The minimum atomic E-state index is -3.88. The molecule has 0 saturated heterocycles. The number of hydrogen-bond donors (Lipinski definition) is 4. The van der Waals surface area contributed by atoms with Crippen LogP contribution in [0.15, 0.2) is 53.4 Å². The van der Waals surface area contributed by atoms with Crippen LogP contribution in [0.4, 0.5) is 16.2 Å². The number of carbonyl (C=O) groups excluding carboxylic acids is 1. The molecular weight excluding hydrogens is 380 g/mol. The van der Waals surface area contributed by atoms with Gasteiger partial charge in [-0.2, -0.15) is 0 Å². The van der Waals surface area contributed by atoms with Crippen LogP contribution in [0.2, 0.25) is 0 Å². The van der Waals surface area contributed by atoms with Gasteiger partial charge in [0.05, 0.1) is 16.8 Å². The van der Waals surface area contributed by atoms with Gasteiger partial charge in [0.15, 0.2) is 0 Å². The highest BCUT2D eigenvalue weighted by molar-refractivity contribution is 7.92. The number of nitrogens with one attached hydrogen (secondary N) is 3. The van der Waals surface area contributed by atoms with Crippen LogP contribution in [0, 0.1) is 0 Å². The van der Waals surface area contributed by atoms with Crippen molar-refractivity contribution >= 4 is 37.5 Å². The molecule has 11 heteroatoms. The number of primary sulfonamides is 1. The quantitative estimate of drug-likeness (QED) is 0.574. The van der Waals surface area contributed by atoms with E-state index in [-0.39, 0.29) is 17.1 Å². The molecule has 9 nitrogen and oxygen atoms in total. The lowest BCUT2D eigenvalue weighted by Crippen LogP contribution is -2.28. The van der Waals surface area contributed by atoms with E-state index in [0.29, 0.717) is 11.3 Å². The van der Waals surface area contributed by atoms with E-state index in [1.54, 1.807) is 24.3 Å². The summed E-state index contributed by atoms with van der Waals surface area (Å²) in [5.41, 5.74) is 1.16. The molecule has 0 bridgehead atoms. The molecular formula is C15H18N4O5S2. The molecule has 2 rings (SSSR count). The fourth-order valence-corrected chi connectivity index (χ4v) is 3.23. The fraction of sp³-hybridized carbons (Fsp3) is 0.133. The zero-order valence-corrected chi connectivity index (χ0v) is 15.4. The van der Waals surface area contributed by atoms with Gasteiger partial charge in [0, 0.05) is 12.2 Å². The maximum absolute atomic E-state index is 12.0. The van der Waals surface area contributed by atoms with Gasteiger partial charge in [-0.15, -0.1) is 0 Å². The summed E-state index contributed by atoms with van der Waals surface area (Å²) < 4.78 is 47.8. The lowest BCUT2D eigenvalue weighted by atomic mass is 10.2. The number of nitrogens with two attached hydrogens (primary N) is 1. The monoisotopic (exact) mass is 398 g/mol. The van der Waals surface area contributed by atoms with Crippen molar-refractivity contribution in [1.29, 1.82) is 0 Å². The van der Waals surface area contributed by atoms with E-state index in [0.717, 1.165) is 6.26 Å². The Hall–Kier alpha value is -2.63.